The molecule has 2 aromatic carbocycles. The third-order valence-electron chi connectivity index (χ3n) is 6.87. The molecule has 3 atom stereocenters. The molecule has 1 heterocycles. The molecule has 8 heteroatoms. The Morgan fingerprint density at radius 3 is 2.35 bits per heavy atom. The van der Waals surface area contributed by atoms with E-state index in [9.17, 15) is 14.4 Å². The number of hydrogen-bond donors (Lipinski definition) is 3. The summed E-state index contributed by atoms with van der Waals surface area (Å²) in [7, 11) is 0. The van der Waals surface area contributed by atoms with Crippen molar-refractivity contribution in [1.82, 2.24) is 10.6 Å². The number of benzene rings is 2. The average molecular weight is 551 g/mol. The Labute approximate surface area is 237 Å². The summed E-state index contributed by atoms with van der Waals surface area (Å²) >= 11 is 0. The third-order valence-corrected chi connectivity index (χ3v) is 6.87. The summed E-state index contributed by atoms with van der Waals surface area (Å²) in [5, 5.41) is 14.6. The van der Waals surface area contributed by atoms with Gasteiger partial charge >= 0.3 is 5.97 Å². The molecule has 0 bridgehead atoms. The largest absolute Gasteiger partial charge is 0.463 e. The highest BCUT2D eigenvalue weighted by Gasteiger charge is 2.26. The Morgan fingerprint density at radius 1 is 0.950 bits per heavy atom. The quantitative estimate of drug-likeness (QED) is 0.225. The highest BCUT2D eigenvalue weighted by molar-refractivity contribution is 5.86. The molecule has 0 saturated heterocycles. The van der Waals surface area contributed by atoms with Crippen molar-refractivity contribution in [3.63, 3.8) is 0 Å². The summed E-state index contributed by atoms with van der Waals surface area (Å²) in [6.45, 7) is 0.794. The minimum Gasteiger partial charge on any atom is -0.463 e. The van der Waals surface area contributed by atoms with Gasteiger partial charge in [-0.05, 0) is 49.7 Å². The van der Waals surface area contributed by atoms with E-state index in [4.69, 9.17) is 14.6 Å². The molecular weight excluding hydrogens is 508 g/mol. The predicted molar refractivity (Wildman–Crippen MR) is 153 cm³/mol. The molecule has 1 aliphatic heterocycles. The van der Waals surface area contributed by atoms with Crippen molar-refractivity contribution in [2.45, 2.75) is 51.0 Å². The predicted octanol–water partition coefficient (Wildman–Crippen LogP) is 3.38. The summed E-state index contributed by atoms with van der Waals surface area (Å²) in [6, 6.07) is 19.3. The smallest absolute Gasteiger partial charge is 0.309 e. The van der Waals surface area contributed by atoms with Crippen LogP contribution in [0.3, 0.4) is 0 Å². The second-order valence-corrected chi connectivity index (χ2v) is 10.1. The van der Waals surface area contributed by atoms with Crippen LogP contribution in [0.15, 0.2) is 72.8 Å². The van der Waals surface area contributed by atoms with Crippen molar-refractivity contribution < 1.29 is 29.0 Å². The van der Waals surface area contributed by atoms with Crippen LogP contribution in [0, 0.1) is 11.8 Å². The average Bonchev–Trinajstić information content (AvgIpc) is 2.96. The van der Waals surface area contributed by atoms with Crippen molar-refractivity contribution in [1.29, 1.82) is 0 Å². The maximum atomic E-state index is 13.4. The molecule has 2 amide bonds. The molecule has 2 aromatic rings. The molecule has 40 heavy (non-hydrogen) atoms. The fraction of sp³-hybridized carbons (Fsp3) is 0.469. The first kappa shape index (κ1) is 31.0. The molecule has 216 valence electrons. The molecular formula is C32H42N2O6. The normalized spacial score (nSPS) is 20.7. The van der Waals surface area contributed by atoms with Crippen LogP contribution in [0.1, 0.15) is 43.2 Å². The number of esters is 1. The maximum absolute atomic E-state index is 13.4. The second-order valence-electron chi connectivity index (χ2n) is 10.1. The number of ether oxygens (including phenoxy) is 2. The lowest BCUT2D eigenvalue weighted by Gasteiger charge is -2.24. The molecule has 0 aliphatic carbocycles. The van der Waals surface area contributed by atoms with E-state index < -0.39 is 12.0 Å². The van der Waals surface area contributed by atoms with E-state index in [1.165, 1.54) is 0 Å². The first-order valence-corrected chi connectivity index (χ1v) is 14.2. The van der Waals surface area contributed by atoms with Gasteiger partial charge in [0.05, 0.1) is 37.7 Å². The van der Waals surface area contributed by atoms with E-state index in [0.29, 0.717) is 38.8 Å². The summed E-state index contributed by atoms with van der Waals surface area (Å²) < 4.78 is 11.0. The molecule has 0 spiro atoms. The fourth-order valence-electron chi connectivity index (χ4n) is 4.74. The van der Waals surface area contributed by atoms with Gasteiger partial charge in [-0.2, -0.15) is 0 Å². The molecule has 0 radical (unpaired) electrons. The molecule has 8 nitrogen and oxygen atoms in total. The lowest BCUT2D eigenvalue weighted by atomic mass is 9.93. The standard InChI is InChI=1S/C32H42N2O6/c35-18-20-39-19-17-33-30(36)23-27-15-9-1-2-10-16-28(21-25-11-5-3-6-12-25)32(38)40-24-29(34-31(27)37)22-26-13-7-4-8-14-26/h1,3-9,11-14,27-29,35H,2,10,15-24H2,(H,33,36)(H,34,37)/t27-,28-,29-/m1/s1. The Hall–Kier alpha value is -3.49. The number of amides is 2. The van der Waals surface area contributed by atoms with Gasteiger partial charge in [-0.15, -0.1) is 0 Å². The van der Waals surface area contributed by atoms with Crippen LogP contribution in [0.4, 0.5) is 0 Å². The number of nitrogens with one attached hydrogen (secondary N) is 2. The van der Waals surface area contributed by atoms with Gasteiger partial charge in [0.15, 0.2) is 0 Å². The zero-order valence-electron chi connectivity index (χ0n) is 23.1. The summed E-state index contributed by atoms with van der Waals surface area (Å²) in [6.07, 6.45) is 7.88. The van der Waals surface area contributed by atoms with Crippen LogP contribution in [0.25, 0.3) is 0 Å². The van der Waals surface area contributed by atoms with Gasteiger partial charge in [-0.3, -0.25) is 14.4 Å². The summed E-state index contributed by atoms with van der Waals surface area (Å²) in [4.78, 5) is 39.2. The molecule has 0 aromatic heterocycles. The topological polar surface area (TPSA) is 114 Å². The van der Waals surface area contributed by atoms with Gasteiger partial charge in [0.25, 0.3) is 0 Å². The number of rotatable bonds is 11. The molecule has 1 aliphatic rings. The van der Waals surface area contributed by atoms with Gasteiger partial charge < -0.3 is 25.2 Å². The van der Waals surface area contributed by atoms with Gasteiger partial charge in [0.1, 0.15) is 6.61 Å². The lowest BCUT2D eigenvalue weighted by molar-refractivity contribution is -0.150. The molecule has 0 unspecified atom stereocenters. The monoisotopic (exact) mass is 550 g/mol. The Morgan fingerprint density at radius 2 is 1.65 bits per heavy atom. The van der Waals surface area contributed by atoms with E-state index in [1.807, 2.05) is 72.8 Å². The van der Waals surface area contributed by atoms with Gasteiger partial charge in [0, 0.05) is 13.0 Å². The van der Waals surface area contributed by atoms with Crippen molar-refractivity contribution in [3.05, 3.63) is 83.9 Å². The Bertz CT molecular complexity index is 1060. The summed E-state index contributed by atoms with van der Waals surface area (Å²) in [5.41, 5.74) is 2.11. The van der Waals surface area contributed by atoms with Crippen molar-refractivity contribution in [2.75, 3.05) is 33.0 Å². The van der Waals surface area contributed by atoms with Crippen LogP contribution >= 0.6 is 0 Å². The molecule has 0 fully saturated rings. The lowest BCUT2D eigenvalue weighted by Crippen LogP contribution is -2.44. The number of allylic oxidation sites excluding steroid dienone is 2. The van der Waals surface area contributed by atoms with Gasteiger partial charge in [0.2, 0.25) is 11.8 Å². The number of aliphatic hydroxyl groups excluding tert-OH is 1. The van der Waals surface area contributed by atoms with Gasteiger partial charge in [-0.1, -0.05) is 72.8 Å². The number of aliphatic hydroxyl groups is 1. The first-order chi connectivity index (χ1) is 19.5. The van der Waals surface area contributed by atoms with Crippen molar-refractivity contribution in [3.8, 4) is 0 Å². The highest BCUT2D eigenvalue weighted by Crippen LogP contribution is 2.19. The highest BCUT2D eigenvalue weighted by atomic mass is 16.5. The van der Waals surface area contributed by atoms with Crippen molar-refractivity contribution in [2.24, 2.45) is 11.8 Å². The van der Waals surface area contributed by atoms with Gasteiger partial charge in [-0.25, -0.2) is 0 Å². The minimum atomic E-state index is -0.558. The number of hydrogen-bond acceptors (Lipinski definition) is 6. The van der Waals surface area contributed by atoms with E-state index >= 15 is 0 Å². The second kappa shape index (κ2) is 18.0. The van der Waals surface area contributed by atoms with Crippen LogP contribution in [-0.2, 0) is 36.7 Å². The third kappa shape index (κ3) is 11.7. The van der Waals surface area contributed by atoms with Crippen LogP contribution in [0.5, 0.6) is 0 Å². The minimum absolute atomic E-state index is 0.0349. The number of carbonyl (C=O) groups is 3. The Kier molecular flexibility index (Phi) is 13.9. The zero-order chi connectivity index (χ0) is 28.4. The summed E-state index contributed by atoms with van der Waals surface area (Å²) in [5.74, 6) is -1.55. The fourth-order valence-corrected chi connectivity index (χ4v) is 4.74. The van der Waals surface area contributed by atoms with E-state index in [0.717, 1.165) is 24.0 Å². The molecule has 3 N–H and O–H groups in total. The van der Waals surface area contributed by atoms with Crippen molar-refractivity contribution >= 4 is 17.8 Å². The molecule has 3 rings (SSSR count). The van der Waals surface area contributed by atoms with E-state index in [2.05, 4.69) is 10.6 Å². The maximum Gasteiger partial charge on any atom is 0.309 e. The molecule has 0 saturated carbocycles. The van der Waals surface area contributed by atoms with Crippen LogP contribution in [-0.4, -0.2) is 61.9 Å². The van der Waals surface area contributed by atoms with Crippen LogP contribution < -0.4 is 10.6 Å². The van der Waals surface area contributed by atoms with Crippen LogP contribution in [0.2, 0.25) is 0 Å². The number of cyclic esters (lactones) is 1. The number of carbonyl (C=O) groups excluding carboxylic acids is 3. The van der Waals surface area contributed by atoms with E-state index in [1.54, 1.807) is 0 Å². The SMILES string of the molecule is O=C(C[C@H]1CC=CCCC[C@H](Cc2ccccc2)C(=O)OC[C@@H](Cc2ccccc2)NC1=O)NCCOCCO. The zero-order valence-corrected chi connectivity index (χ0v) is 23.1. The Balaban J connectivity index is 1.70. The van der Waals surface area contributed by atoms with E-state index in [-0.39, 0.29) is 49.9 Å². The first-order valence-electron chi connectivity index (χ1n) is 14.2.